The molecule has 3 unspecified atom stereocenters. The molecule has 17 heavy (non-hydrogen) atoms. The maximum absolute atomic E-state index is 13.7. The predicted octanol–water partition coefficient (Wildman–Crippen LogP) is 3.31. The topological polar surface area (TPSA) is 40.9 Å². The Hall–Kier alpha value is -1.40. The van der Waals surface area contributed by atoms with Crippen LogP contribution in [0.4, 0.5) is 4.39 Å². The highest BCUT2D eigenvalue weighted by atomic mass is 35.5. The largest absolute Gasteiger partial charge is 0.298 e. The highest BCUT2D eigenvalue weighted by molar-refractivity contribution is 6.30. The Morgan fingerprint density at radius 3 is 2.82 bits per heavy atom. The molecule has 0 bridgehead atoms. The number of benzene rings is 1. The number of rotatable bonds is 3. The van der Waals surface area contributed by atoms with Crippen molar-refractivity contribution < 1.29 is 9.18 Å². The summed E-state index contributed by atoms with van der Waals surface area (Å²) in [5, 5.41) is 8.99. The summed E-state index contributed by atoms with van der Waals surface area (Å²) >= 11 is 5.65. The van der Waals surface area contributed by atoms with Crippen LogP contribution in [-0.2, 0) is 4.79 Å². The molecule has 1 aromatic rings. The van der Waals surface area contributed by atoms with Crippen LogP contribution in [0, 0.1) is 29.0 Å². The smallest absolute Gasteiger partial charge is 0.157 e. The van der Waals surface area contributed by atoms with Gasteiger partial charge < -0.3 is 0 Å². The Labute approximate surface area is 104 Å². The molecule has 0 spiro atoms. The summed E-state index contributed by atoms with van der Waals surface area (Å²) in [4.78, 5) is 12.0. The summed E-state index contributed by atoms with van der Waals surface area (Å²) < 4.78 is 13.7. The number of nitriles is 1. The first-order valence-corrected chi connectivity index (χ1v) is 5.81. The van der Waals surface area contributed by atoms with E-state index in [2.05, 4.69) is 0 Å². The maximum Gasteiger partial charge on any atom is 0.157 e. The van der Waals surface area contributed by atoms with Gasteiger partial charge in [-0.05, 0) is 18.4 Å². The van der Waals surface area contributed by atoms with E-state index in [0.717, 1.165) is 6.42 Å². The van der Waals surface area contributed by atoms with Gasteiger partial charge in [0.15, 0.2) is 5.78 Å². The lowest BCUT2D eigenvalue weighted by atomic mass is 9.92. The van der Waals surface area contributed by atoms with Gasteiger partial charge in [0.2, 0.25) is 0 Å². The van der Waals surface area contributed by atoms with Crippen LogP contribution in [-0.4, -0.2) is 5.78 Å². The van der Waals surface area contributed by atoms with E-state index in [0.29, 0.717) is 5.92 Å². The Balaban J connectivity index is 2.33. The van der Waals surface area contributed by atoms with Gasteiger partial charge in [0.25, 0.3) is 0 Å². The van der Waals surface area contributed by atoms with Crippen molar-refractivity contribution in [3.05, 3.63) is 34.6 Å². The summed E-state index contributed by atoms with van der Waals surface area (Å²) in [6, 6.07) is 6.28. The van der Waals surface area contributed by atoms with Crippen LogP contribution >= 0.6 is 11.6 Å². The van der Waals surface area contributed by atoms with Gasteiger partial charge in [0.05, 0.1) is 11.1 Å². The fourth-order valence-corrected chi connectivity index (χ4v) is 2.14. The second kappa shape index (κ2) is 4.46. The molecule has 1 saturated carbocycles. The van der Waals surface area contributed by atoms with Crippen LogP contribution in [0.5, 0.6) is 0 Å². The van der Waals surface area contributed by atoms with Crippen LogP contribution in [0.3, 0.4) is 0 Å². The molecule has 1 aliphatic carbocycles. The molecule has 88 valence electrons. The first-order chi connectivity index (χ1) is 8.06. The molecule has 2 nitrogen and oxygen atoms in total. The summed E-state index contributed by atoms with van der Waals surface area (Å²) in [6.07, 6.45) is 0.791. The van der Waals surface area contributed by atoms with E-state index in [1.165, 1.54) is 12.1 Å². The minimum Gasteiger partial charge on any atom is -0.298 e. The number of halogens is 2. The summed E-state index contributed by atoms with van der Waals surface area (Å²) in [5.41, 5.74) is 0.0871. The lowest BCUT2D eigenvalue weighted by molar-refractivity contribution is -0.120. The van der Waals surface area contributed by atoms with Crippen molar-refractivity contribution in [2.75, 3.05) is 0 Å². The molecule has 0 aliphatic heterocycles. The fraction of sp³-hybridized carbons (Fsp3) is 0.385. The first-order valence-electron chi connectivity index (χ1n) is 5.43. The lowest BCUT2D eigenvalue weighted by Crippen LogP contribution is -2.15. The van der Waals surface area contributed by atoms with E-state index in [4.69, 9.17) is 16.9 Å². The Kier molecular flexibility index (Phi) is 3.17. The molecule has 0 N–H and O–H groups in total. The zero-order valence-electron chi connectivity index (χ0n) is 9.28. The van der Waals surface area contributed by atoms with Crippen molar-refractivity contribution in [2.45, 2.75) is 19.3 Å². The van der Waals surface area contributed by atoms with Gasteiger partial charge in [-0.1, -0.05) is 30.7 Å². The predicted molar refractivity (Wildman–Crippen MR) is 62.0 cm³/mol. The van der Waals surface area contributed by atoms with Crippen LogP contribution in [0.2, 0.25) is 5.02 Å². The highest BCUT2D eigenvalue weighted by Gasteiger charge is 2.43. The normalized spacial score (nSPS) is 23.9. The summed E-state index contributed by atoms with van der Waals surface area (Å²) in [6.45, 7) is 1.95. The molecular formula is C13H11ClFNO. The van der Waals surface area contributed by atoms with Gasteiger partial charge in [-0.25, -0.2) is 4.39 Å². The third kappa shape index (κ3) is 2.18. The molecule has 3 atom stereocenters. The maximum atomic E-state index is 13.7. The average Bonchev–Trinajstić information content (AvgIpc) is 3.02. The van der Waals surface area contributed by atoms with Crippen molar-refractivity contribution in [1.82, 2.24) is 0 Å². The number of Topliss-reactive ketones (excluding diaryl/α,β-unsaturated/α-hetero) is 1. The van der Waals surface area contributed by atoms with E-state index in [1.54, 1.807) is 6.07 Å². The zero-order chi connectivity index (χ0) is 12.6. The Morgan fingerprint density at radius 2 is 2.29 bits per heavy atom. The number of hydrogen-bond donors (Lipinski definition) is 0. The highest BCUT2D eigenvalue weighted by Crippen LogP contribution is 2.42. The van der Waals surface area contributed by atoms with Gasteiger partial charge in [-0.15, -0.1) is 0 Å². The van der Waals surface area contributed by atoms with Crippen LogP contribution in [0.1, 0.15) is 24.8 Å². The van der Waals surface area contributed by atoms with Crippen molar-refractivity contribution in [1.29, 1.82) is 5.26 Å². The lowest BCUT2D eigenvalue weighted by Gasteiger charge is -2.09. The third-order valence-corrected chi connectivity index (χ3v) is 3.47. The van der Waals surface area contributed by atoms with E-state index in [1.807, 2.05) is 13.0 Å². The quantitative estimate of drug-likeness (QED) is 0.827. The number of ketones is 1. The summed E-state index contributed by atoms with van der Waals surface area (Å²) in [7, 11) is 0. The van der Waals surface area contributed by atoms with Crippen LogP contribution < -0.4 is 0 Å². The van der Waals surface area contributed by atoms with E-state index in [9.17, 15) is 9.18 Å². The molecule has 1 aromatic carbocycles. The second-order valence-corrected chi connectivity index (χ2v) is 4.83. The van der Waals surface area contributed by atoms with E-state index < -0.39 is 11.7 Å². The third-order valence-electron chi connectivity index (χ3n) is 3.18. The Morgan fingerprint density at radius 1 is 1.65 bits per heavy atom. The second-order valence-electron chi connectivity index (χ2n) is 4.43. The monoisotopic (exact) mass is 251 g/mol. The van der Waals surface area contributed by atoms with Crippen molar-refractivity contribution in [3.8, 4) is 6.07 Å². The van der Waals surface area contributed by atoms with Crippen molar-refractivity contribution >= 4 is 17.4 Å². The van der Waals surface area contributed by atoms with E-state index in [-0.39, 0.29) is 22.3 Å². The molecule has 0 saturated heterocycles. The first kappa shape index (κ1) is 12.1. The molecule has 0 radical (unpaired) electrons. The average molecular weight is 252 g/mol. The SMILES string of the molecule is CC1CC1C(=O)C(C#N)c1cccc(Cl)c1F. The minimum absolute atomic E-state index is 0.0561. The molecule has 2 rings (SSSR count). The molecule has 0 aromatic heterocycles. The van der Waals surface area contributed by atoms with Gasteiger partial charge in [0, 0.05) is 11.5 Å². The number of carbonyl (C=O) groups is 1. The van der Waals surface area contributed by atoms with Gasteiger partial charge in [-0.2, -0.15) is 5.26 Å². The number of nitrogens with zero attached hydrogens (tertiary/aromatic N) is 1. The van der Waals surface area contributed by atoms with Gasteiger partial charge >= 0.3 is 0 Å². The number of carbonyl (C=O) groups excluding carboxylic acids is 1. The van der Waals surface area contributed by atoms with Gasteiger partial charge in [0.1, 0.15) is 11.7 Å². The van der Waals surface area contributed by atoms with Crippen molar-refractivity contribution in [3.63, 3.8) is 0 Å². The molecular weight excluding hydrogens is 241 g/mol. The van der Waals surface area contributed by atoms with Gasteiger partial charge in [-0.3, -0.25) is 4.79 Å². The number of hydrogen-bond acceptors (Lipinski definition) is 2. The Bertz CT molecular complexity index is 509. The molecule has 0 amide bonds. The molecule has 1 fully saturated rings. The summed E-state index contributed by atoms with van der Waals surface area (Å²) in [5.74, 6) is -1.69. The molecule has 1 aliphatic rings. The zero-order valence-corrected chi connectivity index (χ0v) is 10.0. The standard InChI is InChI=1S/C13H11ClFNO/c1-7-5-9(7)13(17)10(6-16)8-3-2-4-11(14)12(8)15/h2-4,7,9-10H,5H2,1H3. The van der Waals surface area contributed by atoms with E-state index >= 15 is 0 Å². The fourth-order valence-electron chi connectivity index (χ4n) is 1.96. The van der Waals surface area contributed by atoms with Crippen LogP contribution in [0.25, 0.3) is 0 Å². The molecule has 0 heterocycles. The van der Waals surface area contributed by atoms with Crippen LogP contribution in [0.15, 0.2) is 18.2 Å². The molecule has 4 heteroatoms. The van der Waals surface area contributed by atoms with Crippen molar-refractivity contribution in [2.24, 2.45) is 11.8 Å². The minimum atomic E-state index is -1.04.